The van der Waals surface area contributed by atoms with Crippen LogP contribution in [-0.4, -0.2) is 50.5 Å². The molecule has 11 heavy (non-hydrogen) atoms. The van der Waals surface area contributed by atoms with E-state index in [0.29, 0.717) is 0 Å². The molecule has 0 aliphatic rings. The van der Waals surface area contributed by atoms with E-state index in [2.05, 4.69) is 0 Å². The molecule has 5 heteroatoms. The van der Waals surface area contributed by atoms with Gasteiger partial charge in [-0.1, -0.05) is 0 Å². The third-order valence-corrected chi connectivity index (χ3v) is 1.32. The molecule has 67 valence electrons. The van der Waals surface area contributed by atoms with Gasteiger partial charge >= 0.3 is 0 Å². The summed E-state index contributed by atoms with van der Waals surface area (Å²) in [6, 6.07) is 0. The maximum Gasteiger partial charge on any atom is 0.149 e. The van der Waals surface area contributed by atoms with E-state index in [1.54, 1.807) is 0 Å². The molecule has 0 fully saturated rings. The molecule has 0 amide bonds. The van der Waals surface area contributed by atoms with Crippen LogP contribution in [0.5, 0.6) is 0 Å². The summed E-state index contributed by atoms with van der Waals surface area (Å²) in [5.41, 5.74) is 0. The Bertz CT molecular complexity index is 105. The fourth-order valence-corrected chi connectivity index (χ4v) is 0.554. The van der Waals surface area contributed by atoms with Gasteiger partial charge in [0.25, 0.3) is 0 Å². The largest absolute Gasteiger partial charge is 0.393 e. The Morgan fingerprint density at radius 1 is 1.27 bits per heavy atom. The Labute approximate surface area is 64.5 Å². The van der Waals surface area contributed by atoms with E-state index >= 15 is 0 Å². The highest BCUT2D eigenvalue weighted by Crippen LogP contribution is 2.08. The maximum absolute atomic E-state index is 8.90. The van der Waals surface area contributed by atoms with Crippen LogP contribution in [0.2, 0.25) is 0 Å². The van der Waals surface area contributed by atoms with E-state index in [1.165, 1.54) is 6.92 Å². The zero-order valence-corrected chi connectivity index (χ0v) is 6.18. The lowest BCUT2D eigenvalue weighted by Gasteiger charge is -2.22. The van der Waals surface area contributed by atoms with Crippen molar-refractivity contribution in [2.24, 2.45) is 0 Å². The highest BCUT2D eigenvalue weighted by atomic mass is 16.4. The summed E-state index contributed by atoms with van der Waals surface area (Å²) in [5.74, 6) is 0. The molecule has 0 rings (SSSR count). The van der Waals surface area contributed by atoms with Crippen molar-refractivity contribution in [3.8, 4) is 0 Å². The summed E-state index contributed by atoms with van der Waals surface area (Å²) in [6.45, 7) is 0.531. The number of aliphatic hydroxyl groups is 5. The predicted molar refractivity (Wildman–Crippen MR) is 36.0 cm³/mol. The van der Waals surface area contributed by atoms with Crippen LogP contribution in [0.15, 0.2) is 0 Å². The SMILES string of the molecule is CC(O)C(O)C(O)[C](O)CO. The predicted octanol–water partition coefficient (Wildman–Crippen LogP) is -2.01. The fraction of sp³-hybridized carbons (Fsp3) is 0.833. The lowest BCUT2D eigenvalue weighted by Crippen LogP contribution is -2.40. The molecule has 1 radical (unpaired) electrons. The van der Waals surface area contributed by atoms with Crippen molar-refractivity contribution in [2.45, 2.75) is 25.2 Å². The first-order chi connectivity index (χ1) is 5.00. The zero-order valence-electron chi connectivity index (χ0n) is 6.18. The molecule has 0 saturated carbocycles. The molecule has 3 atom stereocenters. The number of aliphatic hydroxyl groups excluding tert-OH is 5. The Balaban J connectivity index is 3.90. The molecule has 0 aliphatic heterocycles. The molecule has 0 spiro atoms. The van der Waals surface area contributed by atoms with Crippen LogP contribution in [0.4, 0.5) is 0 Å². The quantitative estimate of drug-likeness (QED) is 0.331. The van der Waals surface area contributed by atoms with Crippen molar-refractivity contribution < 1.29 is 25.5 Å². The second-order valence-corrected chi connectivity index (χ2v) is 2.33. The van der Waals surface area contributed by atoms with Gasteiger partial charge in [0.2, 0.25) is 0 Å². The van der Waals surface area contributed by atoms with Crippen molar-refractivity contribution in [1.29, 1.82) is 0 Å². The zero-order chi connectivity index (χ0) is 9.02. The van der Waals surface area contributed by atoms with Gasteiger partial charge in [-0.3, -0.25) is 0 Å². The molecule has 0 aromatic heterocycles. The molecule has 3 unspecified atom stereocenters. The molecule has 0 saturated heterocycles. The highest BCUT2D eigenvalue weighted by Gasteiger charge is 2.28. The molecular weight excluding hydrogens is 152 g/mol. The standard InChI is InChI=1S/C6H13O5/c1-3(8)5(10)6(11)4(9)2-7/h3,5-11H,2H2,1H3. The third-order valence-electron chi connectivity index (χ3n) is 1.32. The van der Waals surface area contributed by atoms with Crippen LogP contribution in [0, 0.1) is 6.10 Å². The molecule has 0 aliphatic carbocycles. The first-order valence-electron chi connectivity index (χ1n) is 3.20. The lowest BCUT2D eigenvalue weighted by molar-refractivity contribution is -0.0744. The van der Waals surface area contributed by atoms with E-state index in [4.69, 9.17) is 25.5 Å². The normalized spacial score (nSPS) is 19.9. The van der Waals surface area contributed by atoms with Crippen LogP contribution in [-0.2, 0) is 0 Å². The molecule has 5 nitrogen and oxygen atoms in total. The van der Waals surface area contributed by atoms with Gasteiger partial charge in [-0.25, -0.2) is 0 Å². The van der Waals surface area contributed by atoms with Crippen LogP contribution in [0.3, 0.4) is 0 Å². The van der Waals surface area contributed by atoms with E-state index in [1.807, 2.05) is 0 Å². The summed E-state index contributed by atoms with van der Waals surface area (Å²) < 4.78 is 0. The summed E-state index contributed by atoms with van der Waals surface area (Å²) in [4.78, 5) is 0. The molecule has 0 heterocycles. The minimum absolute atomic E-state index is 0.654. The summed E-state index contributed by atoms with van der Waals surface area (Å²) >= 11 is 0. The Hall–Kier alpha value is -0.200. The molecule has 5 N–H and O–H groups in total. The van der Waals surface area contributed by atoms with Crippen molar-refractivity contribution in [2.75, 3.05) is 6.61 Å². The van der Waals surface area contributed by atoms with Gasteiger partial charge in [-0.05, 0) is 6.92 Å². The van der Waals surface area contributed by atoms with E-state index < -0.39 is 31.0 Å². The van der Waals surface area contributed by atoms with E-state index in [9.17, 15) is 0 Å². The van der Waals surface area contributed by atoms with Gasteiger partial charge in [0.1, 0.15) is 18.3 Å². The lowest BCUT2D eigenvalue weighted by atomic mass is 10.1. The molecular formula is C6H13O5. The fourth-order valence-electron chi connectivity index (χ4n) is 0.554. The van der Waals surface area contributed by atoms with E-state index in [0.717, 1.165) is 0 Å². The average Bonchev–Trinajstić information content (AvgIpc) is 2.00. The summed E-state index contributed by atoms with van der Waals surface area (Å²) in [5, 5.41) is 43.5. The molecule has 0 bridgehead atoms. The van der Waals surface area contributed by atoms with Crippen LogP contribution >= 0.6 is 0 Å². The number of rotatable bonds is 4. The molecule has 0 aromatic rings. The second kappa shape index (κ2) is 4.63. The van der Waals surface area contributed by atoms with Gasteiger partial charge < -0.3 is 25.5 Å². The number of hydrogen-bond donors (Lipinski definition) is 5. The maximum atomic E-state index is 8.90. The van der Waals surface area contributed by atoms with Crippen LogP contribution in [0.1, 0.15) is 6.92 Å². The first kappa shape index (κ1) is 10.8. The highest BCUT2D eigenvalue weighted by molar-refractivity contribution is 4.90. The van der Waals surface area contributed by atoms with Crippen molar-refractivity contribution >= 4 is 0 Å². The Morgan fingerprint density at radius 3 is 2.00 bits per heavy atom. The van der Waals surface area contributed by atoms with Gasteiger partial charge in [0.15, 0.2) is 0 Å². The summed E-state index contributed by atoms with van der Waals surface area (Å²) in [7, 11) is 0. The number of hydrogen-bond acceptors (Lipinski definition) is 5. The van der Waals surface area contributed by atoms with Crippen molar-refractivity contribution in [1.82, 2.24) is 0 Å². The Morgan fingerprint density at radius 2 is 1.73 bits per heavy atom. The monoisotopic (exact) mass is 165 g/mol. The Kier molecular flexibility index (Phi) is 4.55. The summed E-state index contributed by atoms with van der Waals surface area (Å²) in [6.07, 6.45) is -4.88. The van der Waals surface area contributed by atoms with Crippen LogP contribution < -0.4 is 0 Å². The van der Waals surface area contributed by atoms with Crippen molar-refractivity contribution in [3.05, 3.63) is 6.10 Å². The van der Waals surface area contributed by atoms with Crippen LogP contribution in [0.25, 0.3) is 0 Å². The van der Waals surface area contributed by atoms with Gasteiger partial charge in [0.05, 0.1) is 12.7 Å². The van der Waals surface area contributed by atoms with Gasteiger partial charge in [-0.15, -0.1) is 0 Å². The van der Waals surface area contributed by atoms with E-state index in [-0.39, 0.29) is 0 Å². The van der Waals surface area contributed by atoms with Crippen molar-refractivity contribution in [3.63, 3.8) is 0 Å². The van der Waals surface area contributed by atoms with Gasteiger partial charge in [-0.2, -0.15) is 0 Å². The second-order valence-electron chi connectivity index (χ2n) is 2.33. The average molecular weight is 165 g/mol. The third kappa shape index (κ3) is 3.13. The topological polar surface area (TPSA) is 101 Å². The molecule has 0 aromatic carbocycles. The minimum atomic E-state index is -1.60. The van der Waals surface area contributed by atoms with Gasteiger partial charge in [0, 0.05) is 0 Å². The smallest absolute Gasteiger partial charge is 0.149 e. The minimum Gasteiger partial charge on any atom is -0.393 e. The first-order valence-corrected chi connectivity index (χ1v) is 3.20.